The number of nitrogens with one attached hydrogen (secondary N) is 2. The largest absolute Gasteiger partial charge is 0.486 e. The third kappa shape index (κ3) is 3.08. The Hall–Kier alpha value is -2.47. The predicted octanol–water partition coefficient (Wildman–Crippen LogP) is 2.52. The molecule has 0 aliphatic carbocycles. The molecular weight excluding hydrogens is 342 g/mol. The number of amides is 1. The van der Waals surface area contributed by atoms with Crippen molar-refractivity contribution in [2.75, 3.05) is 39.4 Å². The molecule has 0 unspecified atom stereocenters. The molecular formula is C21H25N3O3. The van der Waals surface area contributed by atoms with E-state index in [1.54, 1.807) is 0 Å². The molecule has 1 amide bonds. The second kappa shape index (κ2) is 6.93. The molecule has 6 heteroatoms. The zero-order valence-corrected chi connectivity index (χ0v) is 15.4. The van der Waals surface area contributed by atoms with Gasteiger partial charge in [-0.3, -0.25) is 4.79 Å². The van der Waals surface area contributed by atoms with E-state index in [-0.39, 0.29) is 5.91 Å². The van der Waals surface area contributed by atoms with Gasteiger partial charge in [-0.1, -0.05) is 6.07 Å². The fraction of sp³-hybridized carbons (Fsp3) is 0.476. The van der Waals surface area contributed by atoms with Crippen LogP contribution in [0.1, 0.15) is 23.2 Å². The number of benzene rings is 1. The summed E-state index contributed by atoms with van der Waals surface area (Å²) in [6.45, 7) is 5.01. The summed E-state index contributed by atoms with van der Waals surface area (Å²) in [5.74, 6) is 3.06. The fourth-order valence-corrected chi connectivity index (χ4v) is 4.58. The summed E-state index contributed by atoms with van der Waals surface area (Å²) in [7, 11) is 0. The van der Waals surface area contributed by atoms with E-state index in [1.807, 2.05) is 35.5 Å². The second-order valence-electron chi connectivity index (χ2n) is 7.69. The van der Waals surface area contributed by atoms with Gasteiger partial charge in [-0.15, -0.1) is 0 Å². The zero-order chi connectivity index (χ0) is 18.2. The SMILES string of the molecule is O=C(c1c[nH]cc1-c1ccc2c(c1)OCCO2)N1CC[C@@H]2CNC[C@@H]2CC1. The molecule has 1 aromatic heterocycles. The van der Waals surface area contributed by atoms with Crippen molar-refractivity contribution >= 4 is 5.91 Å². The highest BCUT2D eigenvalue weighted by atomic mass is 16.6. The lowest BCUT2D eigenvalue weighted by atomic mass is 9.92. The van der Waals surface area contributed by atoms with Gasteiger partial charge in [-0.2, -0.15) is 0 Å². The van der Waals surface area contributed by atoms with Crippen LogP contribution in [0, 0.1) is 11.8 Å². The number of ether oxygens (including phenoxy) is 2. The predicted molar refractivity (Wildman–Crippen MR) is 102 cm³/mol. The molecule has 0 radical (unpaired) electrons. The van der Waals surface area contributed by atoms with Gasteiger partial charge >= 0.3 is 0 Å². The first-order valence-corrected chi connectivity index (χ1v) is 9.86. The number of aromatic nitrogens is 1. The highest BCUT2D eigenvalue weighted by Crippen LogP contribution is 2.36. The number of carbonyl (C=O) groups excluding carboxylic acids is 1. The van der Waals surface area contributed by atoms with Gasteiger partial charge in [0.1, 0.15) is 13.2 Å². The third-order valence-corrected chi connectivity index (χ3v) is 6.14. The van der Waals surface area contributed by atoms with E-state index in [4.69, 9.17) is 9.47 Å². The van der Waals surface area contributed by atoms with Crippen molar-refractivity contribution < 1.29 is 14.3 Å². The van der Waals surface area contributed by atoms with Crippen LogP contribution < -0.4 is 14.8 Å². The normalized spacial score (nSPS) is 24.4. The quantitative estimate of drug-likeness (QED) is 0.856. The van der Waals surface area contributed by atoms with Gasteiger partial charge in [0, 0.05) is 31.0 Å². The Labute approximate surface area is 158 Å². The minimum Gasteiger partial charge on any atom is -0.486 e. The molecule has 0 saturated carbocycles. The van der Waals surface area contributed by atoms with Crippen LogP contribution in [0.5, 0.6) is 11.5 Å². The molecule has 2 atom stereocenters. The Balaban J connectivity index is 1.39. The molecule has 2 N–H and O–H groups in total. The summed E-state index contributed by atoms with van der Waals surface area (Å²) in [6.07, 6.45) is 5.90. The summed E-state index contributed by atoms with van der Waals surface area (Å²) >= 11 is 0. The molecule has 6 nitrogen and oxygen atoms in total. The standard InChI is InChI=1S/C21H25N3O3/c25-21(24-5-3-15-10-22-11-16(15)4-6-24)18-13-23-12-17(18)14-1-2-19-20(9-14)27-8-7-26-19/h1-2,9,12-13,15-16,22-23H,3-8,10-11H2/t15-,16+. The monoisotopic (exact) mass is 367 g/mol. The first-order valence-electron chi connectivity index (χ1n) is 9.86. The average molecular weight is 367 g/mol. The van der Waals surface area contributed by atoms with Crippen LogP contribution in [0.2, 0.25) is 0 Å². The van der Waals surface area contributed by atoms with Crippen molar-refractivity contribution in [2.45, 2.75) is 12.8 Å². The van der Waals surface area contributed by atoms with Gasteiger partial charge in [-0.05, 0) is 55.5 Å². The molecule has 0 spiro atoms. The van der Waals surface area contributed by atoms with Gasteiger partial charge in [0.05, 0.1) is 5.56 Å². The van der Waals surface area contributed by atoms with Crippen molar-refractivity contribution in [3.8, 4) is 22.6 Å². The lowest BCUT2D eigenvalue weighted by Gasteiger charge is -2.22. The number of carbonyl (C=O) groups is 1. The molecule has 1 aromatic carbocycles. The number of nitrogens with zero attached hydrogens (tertiary/aromatic N) is 1. The van der Waals surface area contributed by atoms with Crippen molar-refractivity contribution in [1.29, 1.82) is 0 Å². The van der Waals surface area contributed by atoms with Crippen LogP contribution in [-0.4, -0.2) is 55.2 Å². The maximum atomic E-state index is 13.3. The number of rotatable bonds is 2. The van der Waals surface area contributed by atoms with E-state index in [0.29, 0.717) is 25.0 Å². The Morgan fingerprint density at radius 2 is 1.74 bits per heavy atom. The molecule has 0 bridgehead atoms. The van der Waals surface area contributed by atoms with E-state index in [9.17, 15) is 4.79 Å². The maximum Gasteiger partial charge on any atom is 0.256 e. The Morgan fingerprint density at radius 1 is 1.00 bits per heavy atom. The number of H-pyrrole nitrogens is 1. The van der Waals surface area contributed by atoms with Gasteiger partial charge < -0.3 is 24.7 Å². The number of hydrogen-bond acceptors (Lipinski definition) is 4. The fourth-order valence-electron chi connectivity index (χ4n) is 4.58. The highest BCUT2D eigenvalue weighted by molar-refractivity contribution is 6.01. The van der Waals surface area contributed by atoms with Gasteiger partial charge in [0.2, 0.25) is 0 Å². The summed E-state index contributed by atoms with van der Waals surface area (Å²) in [5, 5.41) is 3.49. The van der Waals surface area contributed by atoms with E-state index in [0.717, 1.165) is 67.2 Å². The summed E-state index contributed by atoms with van der Waals surface area (Å²) in [5.41, 5.74) is 2.62. The summed E-state index contributed by atoms with van der Waals surface area (Å²) < 4.78 is 11.3. The number of hydrogen-bond donors (Lipinski definition) is 2. The Morgan fingerprint density at radius 3 is 2.52 bits per heavy atom. The second-order valence-corrected chi connectivity index (χ2v) is 7.69. The van der Waals surface area contributed by atoms with E-state index < -0.39 is 0 Å². The summed E-state index contributed by atoms with van der Waals surface area (Å²) in [6, 6.07) is 5.88. The third-order valence-electron chi connectivity index (χ3n) is 6.14. The van der Waals surface area contributed by atoms with Crippen LogP contribution in [0.15, 0.2) is 30.6 Å². The number of likely N-dealkylation sites (tertiary alicyclic amines) is 1. The first kappa shape index (κ1) is 16.7. The number of fused-ring (bicyclic) bond motifs is 2. The topological polar surface area (TPSA) is 66.6 Å². The number of aromatic amines is 1. The summed E-state index contributed by atoms with van der Waals surface area (Å²) in [4.78, 5) is 18.4. The van der Waals surface area contributed by atoms with Crippen LogP contribution in [0.25, 0.3) is 11.1 Å². The zero-order valence-electron chi connectivity index (χ0n) is 15.4. The minimum absolute atomic E-state index is 0.120. The van der Waals surface area contributed by atoms with Crippen LogP contribution in [-0.2, 0) is 0 Å². The Bertz CT molecular complexity index is 833. The van der Waals surface area contributed by atoms with Crippen molar-refractivity contribution in [3.05, 3.63) is 36.2 Å². The minimum atomic E-state index is 0.120. The van der Waals surface area contributed by atoms with E-state index >= 15 is 0 Å². The molecule has 2 fully saturated rings. The van der Waals surface area contributed by atoms with Crippen molar-refractivity contribution in [2.24, 2.45) is 11.8 Å². The van der Waals surface area contributed by atoms with Gasteiger partial charge in [0.15, 0.2) is 11.5 Å². The molecule has 3 aliphatic rings. The molecule has 2 aromatic rings. The highest BCUT2D eigenvalue weighted by Gasteiger charge is 2.32. The maximum absolute atomic E-state index is 13.3. The molecule has 4 heterocycles. The lowest BCUT2D eigenvalue weighted by molar-refractivity contribution is 0.0759. The van der Waals surface area contributed by atoms with Crippen molar-refractivity contribution in [3.63, 3.8) is 0 Å². The van der Waals surface area contributed by atoms with Crippen LogP contribution in [0.4, 0.5) is 0 Å². The molecule has 142 valence electrons. The lowest BCUT2D eigenvalue weighted by Crippen LogP contribution is -2.32. The van der Waals surface area contributed by atoms with Gasteiger partial charge in [-0.25, -0.2) is 0 Å². The first-order chi connectivity index (χ1) is 13.3. The smallest absolute Gasteiger partial charge is 0.256 e. The molecule has 5 rings (SSSR count). The molecule has 27 heavy (non-hydrogen) atoms. The van der Waals surface area contributed by atoms with Crippen LogP contribution in [0.3, 0.4) is 0 Å². The van der Waals surface area contributed by atoms with Crippen molar-refractivity contribution in [1.82, 2.24) is 15.2 Å². The van der Waals surface area contributed by atoms with Gasteiger partial charge in [0.25, 0.3) is 5.91 Å². The van der Waals surface area contributed by atoms with E-state index in [2.05, 4.69) is 10.3 Å². The average Bonchev–Trinajstić information content (AvgIpc) is 3.33. The van der Waals surface area contributed by atoms with E-state index in [1.165, 1.54) is 0 Å². The molecule has 3 aliphatic heterocycles. The van der Waals surface area contributed by atoms with Crippen LogP contribution >= 0.6 is 0 Å². The molecule has 2 saturated heterocycles. The Kier molecular flexibility index (Phi) is 4.28.